The number of anilines is 1. The molecule has 0 spiro atoms. The molecule has 6 heteroatoms. The number of benzene rings is 2. The summed E-state index contributed by atoms with van der Waals surface area (Å²) in [5.74, 6) is 1.68. The average Bonchev–Trinajstić information content (AvgIpc) is 2.72. The van der Waals surface area contributed by atoms with Crippen LogP contribution in [-0.4, -0.2) is 36.4 Å². The molecule has 2 heterocycles. The van der Waals surface area contributed by atoms with Gasteiger partial charge in [0.25, 0.3) is 11.8 Å². The number of likely N-dealkylation sites (tertiary alicyclic amines) is 1. The molecular formula is C24H29N3O3. The number of nitrogens with zero attached hydrogens (tertiary/aromatic N) is 1. The SMILES string of the molecule is CC1CC(C)CN(Cc2ccc(CNC(=O)c3ccc4c(c3)OCC(=O)N4)cc2)C1. The van der Waals surface area contributed by atoms with Crippen molar-refractivity contribution in [3.8, 4) is 5.75 Å². The second-order valence-electron chi connectivity index (χ2n) is 8.69. The van der Waals surface area contributed by atoms with Crippen molar-refractivity contribution in [2.24, 2.45) is 11.8 Å². The van der Waals surface area contributed by atoms with E-state index < -0.39 is 0 Å². The van der Waals surface area contributed by atoms with Gasteiger partial charge in [0.2, 0.25) is 0 Å². The molecule has 4 rings (SSSR count). The van der Waals surface area contributed by atoms with Gasteiger partial charge in [-0.2, -0.15) is 0 Å². The van der Waals surface area contributed by atoms with Gasteiger partial charge in [0.1, 0.15) is 5.75 Å². The van der Waals surface area contributed by atoms with E-state index in [0.29, 0.717) is 23.5 Å². The Morgan fingerprint density at radius 3 is 2.53 bits per heavy atom. The van der Waals surface area contributed by atoms with Crippen LogP contribution in [0.5, 0.6) is 5.75 Å². The Balaban J connectivity index is 1.31. The first kappa shape index (κ1) is 20.4. The maximum Gasteiger partial charge on any atom is 0.262 e. The largest absolute Gasteiger partial charge is 0.482 e. The van der Waals surface area contributed by atoms with E-state index in [1.165, 1.54) is 12.0 Å². The van der Waals surface area contributed by atoms with Crippen LogP contribution in [0.4, 0.5) is 5.69 Å². The quantitative estimate of drug-likeness (QED) is 0.797. The van der Waals surface area contributed by atoms with Crippen molar-refractivity contribution >= 4 is 17.5 Å². The third-order valence-electron chi connectivity index (χ3n) is 5.70. The van der Waals surface area contributed by atoms with E-state index in [9.17, 15) is 9.59 Å². The van der Waals surface area contributed by atoms with E-state index in [1.54, 1.807) is 18.2 Å². The third kappa shape index (κ3) is 5.00. The van der Waals surface area contributed by atoms with Gasteiger partial charge in [-0.3, -0.25) is 14.5 Å². The minimum absolute atomic E-state index is 0.0281. The van der Waals surface area contributed by atoms with E-state index in [0.717, 1.165) is 37.0 Å². The molecule has 2 aromatic carbocycles. The Bertz CT molecular complexity index is 916. The first-order valence-electron chi connectivity index (χ1n) is 10.6. The van der Waals surface area contributed by atoms with Crippen LogP contribution < -0.4 is 15.4 Å². The molecule has 0 bridgehead atoms. The summed E-state index contributed by atoms with van der Waals surface area (Å²) >= 11 is 0. The Hall–Kier alpha value is -2.86. The molecule has 0 aromatic heterocycles. The summed E-state index contributed by atoms with van der Waals surface area (Å²) in [5.41, 5.74) is 3.47. The fourth-order valence-corrected chi connectivity index (χ4v) is 4.44. The van der Waals surface area contributed by atoms with Crippen LogP contribution in [0.1, 0.15) is 41.8 Å². The van der Waals surface area contributed by atoms with Crippen molar-refractivity contribution in [3.63, 3.8) is 0 Å². The van der Waals surface area contributed by atoms with Gasteiger partial charge in [-0.25, -0.2) is 0 Å². The highest BCUT2D eigenvalue weighted by molar-refractivity contribution is 5.98. The lowest BCUT2D eigenvalue weighted by molar-refractivity contribution is -0.118. The van der Waals surface area contributed by atoms with Gasteiger partial charge in [0.15, 0.2) is 6.61 Å². The van der Waals surface area contributed by atoms with Crippen molar-refractivity contribution in [1.29, 1.82) is 0 Å². The first-order valence-corrected chi connectivity index (χ1v) is 10.6. The Morgan fingerprint density at radius 1 is 1.10 bits per heavy atom. The molecule has 158 valence electrons. The van der Waals surface area contributed by atoms with Gasteiger partial charge in [0, 0.05) is 31.7 Å². The normalized spacial score (nSPS) is 21.3. The number of rotatable bonds is 5. The number of piperidine rings is 1. The van der Waals surface area contributed by atoms with E-state index in [1.807, 2.05) is 0 Å². The molecule has 2 unspecified atom stereocenters. The highest BCUT2D eigenvalue weighted by Crippen LogP contribution is 2.28. The molecule has 1 saturated heterocycles. The molecule has 2 N–H and O–H groups in total. The number of ether oxygens (including phenoxy) is 1. The second kappa shape index (κ2) is 8.88. The van der Waals surface area contributed by atoms with E-state index >= 15 is 0 Å². The zero-order valence-corrected chi connectivity index (χ0v) is 17.6. The fourth-order valence-electron chi connectivity index (χ4n) is 4.44. The van der Waals surface area contributed by atoms with Gasteiger partial charge >= 0.3 is 0 Å². The monoisotopic (exact) mass is 407 g/mol. The van der Waals surface area contributed by atoms with Crippen molar-refractivity contribution in [2.45, 2.75) is 33.4 Å². The summed E-state index contributed by atoms with van der Waals surface area (Å²) in [5, 5.41) is 5.67. The lowest BCUT2D eigenvalue weighted by Crippen LogP contribution is -2.38. The van der Waals surface area contributed by atoms with Crippen LogP contribution in [0, 0.1) is 11.8 Å². The predicted molar refractivity (Wildman–Crippen MR) is 116 cm³/mol. The fraction of sp³-hybridized carbons (Fsp3) is 0.417. The molecule has 0 radical (unpaired) electrons. The highest BCUT2D eigenvalue weighted by atomic mass is 16.5. The number of carbonyl (C=O) groups is 2. The molecular weight excluding hydrogens is 378 g/mol. The van der Waals surface area contributed by atoms with Crippen LogP contribution >= 0.6 is 0 Å². The number of hydrogen-bond donors (Lipinski definition) is 2. The molecule has 2 aromatic rings. The standard InChI is InChI=1S/C24H29N3O3/c1-16-9-17(2)13-27(12-16)14-19-5-3-18(4-6-19)11-25-24(29)20-7-8-21-22(10-20)30-15-23(28)26-21/h3-8,10,16-17H,9,11-15H2,1-2H3,(H,25,29)(H,26,28). The Morgan fingerprint density at radius 2 is 1.80 bits per heavy atom. The van der Waals surface area contributed by atoms with Gasteiger partial charge in [0.05, 0.1) is 5.69 Å². The second-order valence-corrected chi connectivity index (χ2v) is 8.69. The number of amides is 2. The summed E-state index contributed by atoms with van der Waals surface area (Å²) < 4.78 is 5.38. The summed E-state index contributed by atoms with van der Waals surface area (Å²) in [6.07, 6.45) is 1.32. The predicted octanol–water partition coefficient (Wildman–Crippen LogP) is 3.43. The first-order chi connectivity index (χ1) is 14.5. The van der Waals surface area contributed by atoms with Gasteiger partial charge in [-0.05, 0) is 47.6 Å². The third-order valence-corrected chi connectivity index (χ3v) is 5.70. The topological polar surface area (TPSA) is 70.7 Å². The van der Waals surface area contributed by atoms with Crippen molar-refractivity contribution in [1.82, 2.24) is 10.2 Å². The maximum atomic E-state index is 12.5. The van der Waals surface area contributed by atoms with Gasteiger partial charge in [-0.15, -0.1) is 0 Å². The lowest BCUT2D eigenvalue weighted by Gasteiger charge is -2.35. The molecule has 1 fully saturated rings. The molecule has 2 aliphatic rings. The van der Waals surface area contributed by atoms with Crippen molar-refractivity contribution in [2.75, 3.05) is 25.0 Å². The van der Waals surface area contributed by atoms with Crippen LogP contribution in [0.25, 0.3) is 0 Å². The maximum absolute atomic E-state index is 12.5. The van der Waals surface area contributed by atoms with Crippen LogP contribution in [-0.2, 0) is 17.9 Å². The lowest BCUT2D eigenvalue weighted by atomic mass is 9.91. The summed E-state index contributed by atoms with van der Waals surface area (Å²) in [6.45, 7) is 8.41. The number of fused-ring (bicyclic) bond motifs is 1. The number of hydrogen-bond acceptors (Lipinski definition) is 4. The van der Waals surface area contributed by atoms with Crippen molar-refractivity contribution in [3.05, 3.63) is 59.2 Å². The van der Waals surface area contributed by atoms with Gasteiger partial charge < -0.3 is 15.4 Å². The van der Waals surface area contributed by atoms with Crippen LogP contribution in [0.3, 0.4) is 0 Å². The molecule has 0 aliphatic carbocycles. The zero-order chi connectivity index (χ0) is 21.1. The molecule has 2 aliphatic heterocycles. The molecule has 0 saturated carbocycles. The summed E-state index contributed by atoms with van der Waals surface area (Å²) in [4.78, 5) is 26.4. The molecule has 2 atom stereocenters. The Labute approximate surface area is 177 Å². The molecule has 6 nitrogen and oxygen atoms in total. The van der Waals surface area contributed by atoms with Crippen LogP contribution in [0.15, 0.2) is 42.5 Å². The molecule has 30 heavy (non-hydrogen) atoms. The average molecular weight is 408 g/mol. The van der Waals surface area contributed by atoms with Crippen LogP contribution in [0.2, 0.25) is 0 Å². The Kier molecular flexibility index (Phi) is 6.04. The molecule has 2 amide bonds. The van der Waals surface area contributed by atoms with E-state index in [4.69, 9.17) is 4.74 Å². The van der Waals surface area contributed by atoms with Crippen molar-refractivity contribution < 1.29 is 14.3 Å². The smallest absolute Gasteiger partial charge is 0.262 e. The van der Waals surface area contributed by atoms with Gasteiger partial charge in [-0.1, -0.05) is 38.1 Å². The number of nitrogens with one attached hydrogen (secondary N) is 2. The van der Waals surface area contributed by atoms with E-state index in [-0.39, 0.29) is 18.4 Å². The summed E-state index contributed by atoms with van der Waals surface area (Å²) in [6, 6.07) is 13.5. The van der Waals surface area contributed by atoms with E-state index in [2.05, 4.69) is 53.6 Å². The highest BCUT2D eigenvalue weighted by Gasteiger charge is 2.21. The number of carbonyl (C=O) groups excluding carboxylic acids is 2. The summed E-state index contributed by atoms with van der Waals surface area (Å²) in [7, 11) is 0. The zero-order valence-electron chi connectivity index (χ0n) is 17.6. The minimum atomic E-state index is -0.188. The minimum Gasteiger partial charge on any atom is -0.482 e.